The van der Waals surface area contributed by atoms with Crippen molar-refractivity contribution in [2.45, 2.75) is 11.6 Å². The Hall–Kier alpha value is -3.39. The maximum atomic E-state index is 17.0. The molecule has 1 amide bonds. The van der Waals surface area contributed by atoms with Gasteiger partial charge in [0.05, 0.1) is 11.6 Å². The molecular formula is C23H17BrFN3O3. The smallest absolute Gasteiger partial charge is 0.268 e. The molecule has 1 aliphatic heterocycles. The Morgan fingerprint density at radius 2 is 1.58 bits per heavy atom. The molecule has 3 aromatic rings. The lowest BCUT2D eigenvalue weighted by Crippen LogP contribution is -2.50. The van der Waals surface area contributed by atoms with Crippen LogP contribution in [-0.4, -0.2) is 28.8 Å². The van der Waals surface area contributed by atoms with E-state index < -0.39 is 29.0 Å². The van der Waals surface area contributed by atoms with Crippen LogP contribution in [0.4, 0.5) is 10.1 Å². The number of amides is 1. The molecule has 0 aromatic heterocycles. The minimum atomic E-state index is -2.72. The first kappa shape index (κ1) is 20.9. The highest BCUT2D eigenvalue weighted by atomic mass is 79.9. The number of hydrogen-bond acceptors (Lipinski definition) is 4. The van der Waals surface area contributed by atoms with Crippen molar-refractivity contribution in [2.75, 3.05) is 11.6 Å². The van der Waals surface area contributed by atoms with E-state index in [0.29, 0.717) is 16.8 Å². The SMILES string of the molecule is O=C1N(c2ccccc2)N=C(c2ccc(Br)cc2)[C@@]1(F)[C@H](C[N+](=O)[O-])c1ccccc1. The summed E-state index contributed by atoms with van der Waals surface area (Å²) in [6, 6.07) is 23.4. The number of nitro groups is 1. The van der Waals surface area contributed by atoms with Gasteiger partial charge in [-0.2, -0.15) is 10.1 Å². The second-order valence-corrected chi connectivity index (χ2v) is 8.01. The highest BCUT2D eigenvalue weighted by Gasteiger charge is 2.60. The Kier molecular flexibility index (Phi) is 5.65. The number of alkyl halides is 1. The van der Waals surface area contributed by atoms with E-state index in [-0.39, 0.29) is 5.71 Å². The van der Waals surface area contributed by atoms with Crippen LogP contribution in [0, 0.1) is 10.1 Å². The molecule has 4 rings (SSSR count). The summed E-state index contributed by atoms with van der Waals surface area (Å²) in [6.45, 7) is -0.759. The number of halogens is 2. The minimum absolute atomic E-state index is 0.149. The standard InChI is InChI=1S/C23H17BrFN3O3/c24-18-13-11-17(12-14-18)21-23(25,20(15-27(30)31)16-7-3-1-4-8-16)22(29)28(26-21)19-9-5-2-6-10-19/h1-14,20H,15H2/t20-,23+/m1/s1. The monoisotopic (exact) mass is 481 g/mol. The molecule has 1 heterocycles. The largest absolute Gasteiger partial charge is 0.292 e. The average Bonchev–Trinajstić information content (AvgIpc) is 3.05. The zero-order valence-corrected chi connectivity index (χ0v) is 17.8. The third-order valence-electron chi connectivity index (χ3n) is 5.18. The van der Waals surface area contributed by atoms with Gasteiger partial charge in [0, 0.05) is 15.0 Å². The Morgan fingerprint density at radius 3 is 2.16 bits per heavy atom. The summed E-state index contributed by atoms with van der Waals surface area (Å²) in [5.74, 6) is -2.31. The van der Waals surface area contributed by atoms with Gasteiger partial charge in [-0.05, 0) is 29.8 Å². The van der Waals surface area contributed by atoms with E-state index in [1.165, 1.54) is 0 Å². The van der Waals surface area contributed by atoms with Crippen molar-refractivity contribution >= 4 is 33.2 Å². The van der Waals surface area contributed by atoms with Crippen LogP contribution in [0.2, 0.25) is 0 Å². The number of para-hydroxylation sites is 1. The van der Waals surface area contributed by atoms with Crippen LogP contribution >= 0.6 is 15.9 Å². The molecule has 0 radical (unpaired) electrons. The highest BCUT2D eigenvalue weighted by Crippen LogP contribution is 2.42. The molecule has 0 spiro atoms. The predicted molar refractivity (Wildman–Crippen MR) is 119 cm³/mol. The van der Waals surface area contributed by atoms with Gasteiger partial charge in [-0.3, -0.25) is 14.9 Å². The Balaban J connectivity index is 1.91. The van der Waals surface area contributed by atoms with Crippen LogP contribution in [0.15, 0.2) is 94.5 Å². The molecule has 156 valence electrons. The van der Waals surface area contributed by atoms with Gasteiger partial charge in [-0.25, -0.2) is 4.39 Å². The minimum Gasteiger partial charge on any atom is -0.268 e. The molecule has 0 fully saturated rings. The van der Waals surface area contributed by atoms with Crippen molar-refractivity contribution in [1.29, 1.82) is 0 Å². The molecule has 6 nitrogen and oxygen atoms in total. The number of carbonyl (C=O) groups is 1. The fourth-order valence-electron chi connectivity index (χ4n) is 3.70. The summed E-state index contributed by atoms with van der Waals surface area (Å²) in [5.41, 5.74) is -1.76. The first-order valence-electron chi connectivity index (χ1n) is 9.51. The van der Waals surface area contributed by atoms with Gasteiger partial charge in [-0.15, -0.1) is 0 Å². The Bertz CT molecular complexity index is 1140. The number of rotatable bonds is 6. The lowest BCUT2D eigenvalue weighted by Gasteiger charge is -2.28. The van der Waals surface area contributed by atoms with E-state index >= 15 is 4.39 Å². The molecule has 0 N–H and O–H groups in total. The van der Waals surface area contributed by atoms with E-state index in [0.717, 1.165) is 9.48 Å². The van der Waals surface area contributed by atoms with Crippen LogP contribution in [-0.2, 0) is 4.79 Å². The molecule has 3 aromatic carbocycles. The zero-order chi connectivity index (χ0) is 22.0. The number of hydrogen-bond donors (Lipinski definition) is 0. The van der Waals surface area contributed by atoms with Crippen molar-refractivity contribution in [3.63, 3.8) is 0 Å². The molecule has 0 unspecified atom stereocenters. The number of nitrogens with zero attached hydrogens (tertiary/aromatic N) is 3. The van der Waals surface area contributed by atoms with E-state index in [2.05, 4.69) is 21.0 Å². The zero-order valence-electron chi connectivity index (χ0n) is 16.2. The van der Waals surface area contributed by atoms with E-state index in [9.17, 15) is 14.9 Å². The summed E-state index contributed by atoms with van der Waals surface area (Å²) in [7, 11) is 0. The van der Waals surface area contributed by atoms with Gasteiger partial charge in [-0.1, -0.05) is 76.6 Å². The molecule has 0 bridgehead atoms. The first-order valence-corrected chi connectivity index (χ1v) is 10.3. The van der Waals surface area contributed by atoms with Crippen molar-refractivity contribution in [1.82, 2.24) is 0 Å². The number of hydrazone groups is 1. The molecule has 0 saturated carbocycles. The van der Waals surface area contributed by atoms with Crippen LogP contribution in [0.3, 0.4) is 0 Å². The van der Waals surface area contributed by atoms with Crippen LogP contribution in [0.5, 0.6) is 0 Å². The van der Waals surface area contributed by atoms with Crippen molar-refractivity contribution in [2.24, 2.45) is 5.10 Å². The normalized spacial score (nSPS) is 19.2. The molecule has 2 atom stereocenters. The first-order chi connectivity index (χ1) is 14.9. The fraction of sp³-hybridized carbons (Fsp3) is 0.130. The summed E-state index contributed by atoms with van der Waals surface area (Å²) in [6.07, 6.45) is 0. The van der Waals surface area contributed by atoms with E-state index in [4.69, 9.17) is 0 Å². The number of anilines is 1. The van der Waals surface area contributed by atoms with Crippen molar-refractivity contribution < 1.29 is 14.1 Å². The van der Waals surface area contributed by atoms with Gasteiger partial charge in [0.2, 0.25) is 12.2 Å². The molecule has 8 heteroatoms. The predicted octanol–water partition coefficient (Wildman–Crippen LogP) is 4.97. The van der Waals surface area contributed by atoms with Gasteiger partial charge < -0.3 is 0 Å². The Labute approximate surface area is 186 Å². The van der Waals surface area contributed by atoms with Crippen LogP contribution in [0.1, 0.15) is 17.0 Å². The second kappa shape index (κ2) is 8.39. The third-order valence-corrected chi connectivity index (χ3v) is 5.71. The summed E-state index contributed by atoms with van der Waals surface area (Å²) < 4.78 is 17.7. The molecule has 1 aliphatic rings. The second-order valence-electron chi connectivity index (χ2n) is 7.10. The number of benzene rings is 3. The number of carbonyl (C=O) groups excluding carboxylic acids is 1. The van der Waals surface area contributed by atoms with Gasteiger partial charge in [0.25, 0.3) is 5.91 Å². The quantitative estimate of drug-likeness (QED) is 0.368. The average molecular weight is 482 g/mol. The van der Waals surface area contributed by atoms with Crippen molar-refractivity contribution in [3.05, 3.63) is 111 Å². The van der Waals surface area contributed by atoms with Crippen molar-refractivity contribution in [3.8, 4) is 0 Å². The summed E-state index contributed by atoms with van der Waals surface area (Å²) in [4.78, 5) is 24.4. The summed E-state index contributed by atoms with van der Waals surface area (Å²) >= 11 is 3.34. The van der Waals surface area contributed by atoms with Gasteiger partial charge in [0.15, 0.2) is 0 Å². The maximum absolute atomic E-state index is 17.0. The van der Waals surface area contributed by atoms with E-state index in [1.807, 2.05) is 0 Å². The molecular weight excluding hydrogens is 465 g/mol. The van der Waals surface area contributed by atoms with Crippen LogP contribution < -0.4 is 5.01 Å². The topological polar surface area (TPSA) is 75.8 Å². The highest BCUT2D eigenvalue weighted by molar-refractivity contribution is 9.10. The van der Waals surface area contributed by atoms with Crippen LogP contribution in [0.25, 0.3) is 0 Å². The van der Waals surface area contributed by atoms with Gasteiger partial charge in [0.1, 0.15) is 5.71 Å². The maximum Gasteiger partial charge on any atom is 0.292 e. The molecule has 31 heavy (non-hydrogen) atoms. The Morgan fingerprint density at radius 1 is 1.00 bits per heavy atom. The lowest BCUT2D eigenvalue weighted by atomic mass is 9.78. The molecule has 0 aliphatic carbocycles. The lowest BCUT2D eigenvalue weighted by molar-refractivity contribution is -0.485. The van der Waals surface area contributed by atoms with E-state index in [1.54, 1.807) is 84.9 Å². The summed E-state index contributed by atoms with van der Waals surface area (Å²) in [5, 5.41) is 16.8. The molecule has 0 saturated heterocycles. The fourth-order valence-corrected chi connectivity index (χ4v) is 3.97. The third kappa shape index (κ3) is 3.86. The van der Waals surface area contributed by atoms with Gasteiger partial charge >= 0.3 is 0 Å².